The van der Waals surface area contributed by atoms with Gasteiger partial charge in [-0.15, -0.1) is 0 Å². The van der Waals surface area contributed by atoms with Crippen molar-refractivity contribution < 1.29 is 4.39 Å². The van der Waals surface area contributed by atoms with Crippen LogP contribution in [-0.4, -0.2) is 4.99 Å². The summed E-state index contributed by atoms with van der Waals surface area (Å²) in [5, 5.41) is 3.57. The fraction of sp³-hybridized carbons (Fsp3) is 0.0714. The minimum absolute atomic E-state index is 0.282. The van der Waals surface area contributed by atoms with Gasteiger partial charge in [-0.3, -0.25) is 0 Å². The topological polar surface area (TPSA) is 38.0 Å². The van der Waals surface area contributed by atoms with E-state index in [1.807, 2.05) is 6.92 Å². The Morgan fingerprint density at radius 2 is 2.00 bits per heavy atom. The van der Waals surface area contributed by atoms with Gasteiger partial charge in [0, 0.05) is 11.3 Å². The lowest BCUT2D eigenvalue weighted by molar-refractivity contribution is 0.621. The molecule has 0 unspecified atom stereocenters. The van der Waals surface area contributed by atoms with Gasteiger partial charge in [0.15, 0.2) is 0 Å². The summed E-state index contributed by atoms with van der Waals surface area (Å²) in [6.07, 6.45) is 0. The highest BCUT2D eigenvalue weighted by Gasteiger charge is 2.08. The van der Waals surface area contributed by atoms with Crippen LogP contribution in [0.1, 0.15) is 11.1 Å². The summed E-state index contributed by atoms with van der Waals surface area (Å²) in [6.45, 7) is 1.88. The van der Waals surface area contributed by atoms with E-state index in [-0.39, 0.29) is 10.8 Å². The highest BCUT2D eigenvalue weighted by atomic mass is 79.9. The molecule has 2 rings (SSSR count). The van der Waals surface area contributed by atoms with Crippen LogP contribution in [0, 0.1) is 12.7 Å². The van der Waals surface area contributed by atoms with E-state index in [1.54, 1.807) is 24.3 Å². The molecule has 2 aromatic carbocycles. The first-order valence-corrected chi connectivity index (χ1v) is 7.28. The Kier molecular flexibility index (Phi) is 4.62. The monoisotopic (exact) mass is 372 g/mol. The van der Waals surface area contributed by atoms with Crippen LogP contribution in [0.5, 0.6) is 0 Å². The largest absolute Gasteiger partial charge is 0.389 e. The van der Waals surface area contributed by atoms with Crippen molar-refractivity contribution in [3.05, 3.63) is 56.8 Å². The molecule has 0 radical (unpaired) electrons. The van der Waals surface area contributed by atoms with Crippen molar-refractivity contribution in [2.75, 3.05) is 5.32 Å². The number of hydrogen-bond acceptors (Lipinski definition) is 2. The third-order valence-electron chi connectivity index (χ3n) is 2.79. The van der Waals surface area contributed by atoms with E-state index in [9.17, 15) is 4.39 Å². The number of benzene rings is 2. The van der Waals surface area contributed by atoms with E-state index in [1.165, 1.54) is 6.07 Å². The molecular weight excluding hydrogens is 363 g/mol. The number of nitrogens with two attached hydrogens (primary N) is 1. The average molecular weight is 374 g/mol. The van der Waals surface area contributed by atoms with E-state index in [2.05, 4.69) is 21.2 Å². The van der Waals surface area contributed by atoms with Gasteiger partial charge in [0.1, 0.15) is 10.8 Å². The zero-order chi connectivity index (χ0) is 14.9. The molecule has 20 heavy (non-hydrogen) atoms. The van der Waals surface area contributed by atoms with Gasteiger partial charge in [-0.05, 0) is 58.7 Å². The van der Waals surface area contributed by atoms with E-state index < -0.39 is 0 Å². The number of thiocarbonyl (C=S) groups is 1. The van der Waals surface area contributed by atoms with Crippen molar-refractivity contribution >= 4 is 56.1 Å². The molecule has 0 fully saturated rings. The maximum atomic E-state index is 13.6. The van der Waals surface area contributed by atoms with Crippen molar-refractivity contribution in [3.63, 3.8) is 0 Å². The van der Waals surface area contributed by atoms with Gasteiger partial charge >= 0.3 is 0 Å². The summed E-state index contributed by atoms with van der Waals surface area (Å²) in [5.41, 5.74) is 8.44. The lowest BCUT2D eigenvalue weighted by atomic mass is 10.1. The smallest absolute Gasteiger partial charge is 0.139 e. The average Bonchev–Trinajstić information content (AvgIpc) is 2.37. The van der Waals surface area contributed by atoms with Crippen molar-refractivity contribution in [2.45, 2.75) is 6.92 Å². The van der Waals surface area contributed by atoms with Crippen LogP contribution in [0.4, 0.5) is 15.8 Å². The van der Waals surface area contributed by atoms with Gasteiger partial charge < -0.3 is 11.1 Å². The predicted molar refractivity (Wildman–Crippen MR) is 89.5 cm³/mol. The predicted octanol–water partition coefficient (Wildman–Crippen LogP) is 4.93. The van der Waals surface area contributed by atoms with Gasteiger partial charge in [-0.1, -0.05) is 23.8 Å². The van der Waals surface area contributed by atoms with Gasteiger partial charge in [0.2, 0.25) is 0 Å². The summed E-state index contributed by atoms with van der Waals surface area (Å²) in [6, 6.07) is 8.32. The Labute approximate surface area is 135 Å². The zero-order valence-electron chi connectivity index (χ0n) is 10.5. The Bertz CT molecular complexity index is 691. The molecule has 6 heteroatoms. The maximum Gasteiger partial charge on any atom is 0.139 e. The van der Waals surface area contributed by atoms with Crippen LogP contribution in [0.3, 0.4) is 0 Å². The van der Waals surface area contributed by atoms with Crippen LogP contribution < -0.4 is 11.1 Å². The highest BCUT2D eigenvalue weighted by molar-refractivity contribution is 9.10. The summed E-state index contributed by atoms with van der Waals surface area (Å²) < 4.78 is 14.0. The first kappa shape index (κ1) is 15.2. The van der Waals surface area contributed by atoms with Crippen molar-refractivity contribution in [2.24, 2.45) is 5.73 Å². The Morgan fingerprint density at radius 1 is 1.30 bits per heavy atom. The van der Waals surface area contributed by atoms with Crippen LogP contribution in [0.15, 0.2) is 34.8 Å². The normalized spacial score (nSPS) is 10.4. The van der Waals surface area contributed by atoms with Crippen molar-refractivity contribution in [3.8, 4) is 0 Å². The molecule has 3 N–H and O–H groups in total. The van der Waals surface area contributed by atoms with Gasteiger partial charge in [-0.25, -0.2) is 4.39 Å². The standard InChI is InChI=1S/C14H11BrClFN2S/c1-7-4-9(15)11(17)6-13(7)19-12-3-2-8(14(18)20)5-10(12)16/h2-6,19H,1H3,(H2,18,20). The number of aryl methyl sites for hydroxylation is 1. The first-order chi connectivity index (χ1) is 9.38. The molecule has 0 bridgehead atoms. The quantitative estimate of drug-likeness (QED) is 0.749. The summed E-state index contributed by atoms with van der Waals surface area (Å²) in [7, 11) is 0. The number of nitrogens with one attached hydrogen (secondary N) is 1. The molecule has 104 valence electrons. The Balaban J connectivity index is 2.35. The third kappa shape index (κ3) is 3.29. The molecule has 0 heterocycles. The number of halogens is 3. The molecule has 0 saturated heterocycles. The number of anilines is 2. The molecule has 0 aliphatic rings. The van der Waals surface area contributed by atoms with E-state index in [4.69, 9.17) is 29.6 Å². The maximum absolute atomic E-state index is 13.6. The lowest BCUT2D eigenvalue weighted by Crippen LogP contribution is -2.09. The summed E-state index contributed by atoms with van der Waals surface area (Å²) in [5.74, 6) is -0.339. The zero-order valence-corrected chi connectivity index (χ0v) is 13.7. The summed E-state index contributed by atoms with van der Waals surface area (Å²) >= 11 is 14.2. The SMILES string of the molecule is Cc1cc(Br)c(F)cc1Nc1ccc(C(N)=S)cc1Cl. The van der Waals surface area contributed by atoms with E-state index >= 15 is 0 Å². The van der Waals surface area contributed by atoms with Crippen LogP contribution in [-0.2, 0) is 0 Å². The lowest BCUT2D eigenvalue weighted by Gasteiger charge is -2.13. The van der Waals surface area contributed by atoms with Crippen LogP contribution >= 0.6 is 39.7 Å². The fourth-order valence-electron chi connectivity index (χ4n) is 1.70. The molecule has 0 aromatic heterocycles. The fourth-order valence-corrected chi connectivity index (χ4v) is 2.51. The Hall–Kier alpha value is -1.17. The molecule has 0 atom stereocenters. The molecule has 0 aliphatic carbocycles. The van der Waals surface area contributed by atoms with E-state index in [0.717, 1.165) is 5.56 Å². The number of rotatable bonds is 3. The molecule has 0 amide bonds. The van der Waals surface area contributed by atoms with Crippen molar-refractivity contribution in [1.29, 1.82) is 0 Å². The molecule has 0 spiro atoms. The minimum Gasteiger partial charge on any atom is -0.389 e. The Morgan fingerprint density at radius 3 is 2.60 bits per heavy atom. The van der Waals surface area contributed by atoms with Gasteiger partial charge in [-0.2, -0.15) is 0 Å². The molecule has 2 nitrogen and oxygen atoms in total. The molecular formula is C14H11BrClFN2S. The second-order valence-corrected chi connectivity index (χ2v) is 5.97. The first-order valence-electron chi connectivity index (χ1n) is 5.70. The molecule has 0 saturated carbocycles. The second kappa shape index (κ2) is 6.08. The highest BCUT2D eigenvalue weighted by Crippen LogP contribution is 2.30. The summed E-state index contributed by atoms with van der Waals surface area (Å²) in [4.78, 5) is 0.282. The van der Waals surface area contributed by atoms with Crippen LogP contribution in [0.25, 0.3) is 0 Å². The molecule has 2 aromatic rings. The third-order valence-corrected chi connectivity index (χ3v) is 3.95. The van der Waals surface area contributed by atoms with E-state index in [0.29, 0.717) is 26.4 Å². The molecule has 0 aliphatic heterocycles. The minimum atomic E-state index is -0.339. The van der Waals surface area contributed by atoms with Gasteiger partial charge in [0.25, 0.3) is 0 Å². The van der Waals surface area contributed by atoms with Crippen LogP contribution in [0.2, 0.25) is 5.02 Å². The second-order valence-electron chi connectivity index (χ2n) is 4.27. The number of hydrogen-bond donors (Lipinski definition) is 2. The van der Waals surface area contributed by atoms with Crippen molar-refractivity contribution in [1.82, 2.24) is 0 Å². The van der Waals surface area contributed by atoms with Gasteiger partial charge in [0.05, 0.1) is 15.2 Å².